The quantitative estimate of drug-likeness (QED) is 0.646. The normalized spacial score (nSPS) is 10.6. The number of hydrogen-bond donors (Lipinski definition) is 1. The second kappa shape index (κ2) is 7.15. The average Bonchev–Trinajstić information content (AvgIpc) is 2.39. The highest BCUT2D eigenvalue weighted by Crippen LogP contribution is 2.13. The number of amides is 1. The maximum Gasteiger partial charge on any atom is 0.252 e. The van der Waals surface area contributed by atoms with Gasteiger partial charge in [-0.15, -0.1) is 0 Å². The number of carbonyl (C=O) groups excluding carboxylic acids is 1. The predicted octanol–water partition coefficient (Wildman–Crippen LogP) is 2.88. The maximum atomic E-state index is 11.9. The molecule has 1 aromatic rings. The van der Waals surface area contributed by atoms with Crippen LogP contribution in [-0.4, -0.2) is 23.4 Å². The van der Waals surface area contributed by atoms with Crippen LogP contribution in [0.3, 0.4) is 0 Å². The van der Waals surface area contributed by atoms with Gasteiger partial charge in [-0.25, -0.2) is 0 Å². The lowest BCUT2D eigenvalue weighted by molar-refractivity contribution is 0.0929. The summed E-state index contributed by atoms with van der Waals surface area (Å²) in [5, 5.41) is 12.4. The number of rotatable bonds is 6. The monoisotopic (exact) mass is 324 g/mol. The summed E-state index contributed by atoms with van der Waals surface area (Å²) in [6, 6.07) is 8.91. The van der Waals surface area contributed by atoms with Gasteiger partial charge in [0.25, 0.3) is 5.91 Å². The Labute approximate surface area is 121 Å². The lowest BCUT2D eigenvalue weighted by Gasteiger charge is -2.17. The van der Waals surface area contributed by atoms with Crippen molar-refractivity contribution in [1.82, 2.24) is 5.32 Å². The van der Waals surface area contributed by atoms with Crippen molar-refractivity contribution in [1.29, 1.82) is 5.26 Å². The summed E-state index contributed by atoms with van der Waals surface area (Å²) in [6.07, 6.45) is 0.929. The highest BCUT2D eigenvalue weighted by molar-refractivity contribution is 9.09. The summed E-state index contributed by atoms with van der Waals surface area (Å²) >= 11 is 3.33. The number of carbonyl (C=O) groups is 1. The molecule has 0 heterocycles. The minimum Gasteiger partial charge on any atom is -0.494 e. The van der Waals surface area contributed by atoms with Crippen molar-refractivity contribution in [3.63, 3.8) is 0 Å². The third-order valence-corrected chi connectivity index (χ3v) is 2.93. The van der Waals surface area contributed by atoms with Gasteiger partial charge >= 0.3 is 0 Å². The Kier molecular flexibility index (Phi) is 5.84. The molecular weight excluding hydrogens is 308 g/mol. The molecule has 4 nitrogen and oxygen atoms in total. The zero-order chi connectivity index (χ0) is 14.3. The van der Waals surface area contributed by atoms with Crippen molar-refractivity contribution < 1.29 is 9.53 Å². The van der Waals surface area contributed by atoms with E-state index in [4.69, 9.17) is 10.00 Å². The molecule has 1 aromatic carbocycles. The fourth-order valence-corrected chi connectivity index (χ4v) is 1.56. The van der Waals surface area contributed by atoms with E-state index in [0.29, 0.717) is 12.2 Å². The van der Waals surface area contributed by atoms with E-state index in [-0.39, 0.29) is 5.91 Å². The summed E-state index contributed by atoms with van der Waals surface area (Å²) < 4.78 is 5.49. The van der Waals surface area contributed by atoms with Gasteiger partial charge in [-0.05, 0) is 44.5 Å². The minimum absolute atomic E-state index is 0.265. The number of nitriles is 1. The van der Waals surface area contributed by atoms with Crippen molar-refractivity contribution in [2.75, 3.05) is 11.9 Å². The molecule has 0 aliphatic carbocycles. The smallest absolute Gasteiger partial charge is 0.252 e. The van der Waals surface area contributed by atoms with Gasteiger partial charge < -0.3 is 10.1 Å². The van der Waals surface area contributed by atoms with Crippen LogP contribution in [0.1, 0.15) is 30.6 Å². The molecule has 0 aliphatic heterocycles. The number of ether oxygens (including phenoxy) is 1. The number of nitrogens with one attached hydrogen (secondary N) is 1. The maximum absolute atomic E-state index is 11.9. The second-order valence-corrected chi connectivity index (χ2v) is 5.40. The van der Waals surface area contributed by atoms with Crippen LogP contribution in [0.5, 0.6) is 5.75 Å². The fraction of sp³-hybridized carbons (Fsp3) is 0.429. The van der Waals surface area contributed by atoms with Crippen molar-refractivity contribution in [2.24, 2.45) is 0 Å². The van der Waals surface area contributed by atoms with Crippen molar-refractivity contribution in [2.45, 2.75) is 25.8 Å². The molecule has 0 bridgehead atoms. The van der Waals surface area contributed by atoms with E-state index in [0.717, 1.165) is 17.5 Å². The molecule has 0 aromatic heterocycles. The van der Waals surface area contributed by atoms with E-state index < -0.39 is 5.54 Å². The van der Waals surface area contributed by atoms with Gasteiger partial charge in [0.1, 0.15) is 11.3 Å². The van der Waals surface area contributed by atoms with Gasteiger partial charge in [-0.2, -0.15) is 5.26 Å². The first-order valence-electron chi connectivity index (χ1n) is 6.01. The van der Waals surface area contributed by atoms with Gasteiger partial charge in [-0.3, -0.25) is 4.79 Å². The van der Waals surface area contributed by atoms with Crippen molar-refractivity contribution >= 4 is 21.8 Å². The third kappa shape index (κ3) is 5.31. The Morgan fingerprint density at radius 1 is 1.42 bits per heavy atom. The predicted molar refractivity (Wildman–Crippen MR) is 77.5 cm³/mol. The molecule has 0 fully saturated rings. The molecule has 0 spiro atoms. The van der Waals surface area contributed by atoms with Crippen molar-refractivity contribution in [3.8, 4) is 11.8 Å². The van der Waals surface area contributed by atoms with E-state index in [1.54, 1.807) is 38.1 Å². The zero-order valence-corrected chi connectivity index (χ0v) is 12.7. The standard InChI is InChI=1S/C14H17BrN2O2/c1-14(2,10-16)17-13(18)11-4-6-12(7-5-11)19-9-3-8-15/h4-7H,3,8-9H2,1-2H3,(H,17,18). The SMILES string of the molecule is CC(C)(C#N)NC(=O)c1ccc(OCCCBr)cc1. The first-order valence-corrected chi connectivity index (χ1v) is 7.13. The fourth-order valence-electron chi connectivity index (χ4n) is 1.33. The van der Waals surface area contributed by atoms with E-state index in [2.05, 4.69) is 21.2 Å². The second-order valence-electron chi connectivity index (χ2n) is 4.61. The molecule has 102 valence electrons. The first kappa shape index (κ1) is 15.5. The summed E-state index contributed by atoms with van der Waals surface area (Å²) in [5.41, 5.74) is -0.363. The summed E-state index contributed by atoms with van der Waals surface area (Å²) in [6.45, 7) is 3.95. The first-order chi connectivity index (χ1) is 8.98. The zero-order valence-electron chi connectivity index (χ0n) is 11.1. The number of benzene rings is 1. The Morgan fingerprint density at radius 2 is 2.05 bits per heavy atom. The van der Waals surface area contributed by atoms with Crippen LogP contribution in [0, 0.1) is 11.3 Å². The lowest BCUT2D eigenvalue weighted by atomic mass is 10.1. The summed E-state index contributed by atoms with van der Waals surface area (Å²) in [5.74, 6) is 0.468. The van der Waals surface area contributed by atoms with Crippen LogP contribution in [-0.2, 0) is 0 Å². The number of hydrogen-bond acceptors (Lipinski definition) is 3. The van der Waals surface area contributed by atoms with Crippen LogP contribution < -0.4 is 10.1 Å². The van der Waals surface area contributed by atoms with Crippen LogP contribution in [0.4, 0.5) is 0 Å². The molecule has 0 unspecified atom stereocenters. The van der Waals surface area contributed by atoms with Crippen LogP contribution in [0.2, 0.25) is 0 Å². The Hall–Kier alpha value is -1.54. The van der Waals surface area contributed by atoms with E-state index in [1.807, 2.05) is 6.07 Å². The van der Waals surface area contributed by atoms with Gasteiger partial charge in [0.2, 0.25) is 0 Å². The molecule has 0 aliphatic rings. The number of nitrogens with zero attached hydrogens (tertiary/aromatic N) is 1. The number of halogens is 1. The van der Waals surface area contributed by atoms with Crippen molar-refractivity contribution in [3.05, 3.63) is 29.8 Å². The highest BCUT2D eigenvalue weighted by Gasteiger charge is 2.20. The van der Waals surface area contributed by atoms with Crippen LogP contribution in [0.15, 0.2) is 24.3 Å². The molecule has 5 heteroatoms. The lowest BCUT2D eigenvalue weighted by Crippen LogP contribution is -2.42. The molecule has 0 saturated heterocycles. The van der Waals surface area contributed by atoms with Gasteiger partial charge in [0.15, 0.2) is 0 Å². The minimum atomic E-state index is -0.873. The Morgan fingerprint density at radius 3 is 2.58 bits per heavy atom. The number of alkyl halides is 1. The molecular formula is C14H17BrN2O2. The average molecular weight is 325 g/mol. The molecule has 1 rings (SSSR count). The molecule has 1 amide bonds. The van der Waals surface area contributed by atoms with Gasteiger partial charge in [0, 0.05) is 10.9 Å². The molecule has 19 heavy (non-hydrogen) atoms. The van der Waals surface area contributed by atoms with E-state index >= 15 is 0 Å². The Bertz CT molecular complexity index is 463. The highest BCUT2D eigenvalue weighted by atomic mass is 79.9. The molecule has 1 N–H and O–H groups in total. The third-order valence-electron chi connectivity index (χ3n) is 2.37. The van der Waals surface area contributed by atoms with E-state index in [1.165, 1.54) is 0 Å². The topological polar surface area (TPSA) is 62.1 Å². The molecule has 0 radical (unpaired) electrons. The van der Waals surface area contributed by atoms with Crippen LogP contribution in [0.25, 0.3) is 0 Å². The van der Waals surface area contributed by atoms with Crippen LogP contribution >= 0.6 is 15.9 Å². The van der Waals surface area contributed by atoms with Gasteiger partial charge in [-0.1, -0.05) is 15.9 Å². The molecule has 0 atom stereocenters. The van der Waals surface area contributed by atoms with E-state index in [9.17, 15) is 4.79 Å². The Balaban J connectivity index is 2.61. The summed E-state index contributed by atoms with van der Waals surface area (Å²) in [4.78, 5) is 11.9. The van der Waals surface area contributed by atoms with Gasteiger partial charge in [0.05, 0.1) is 12.7 Å². The largest absolute Gasteiger partial charge is 0.494 e. The molecule has 0 saturated carbocycles. The summed E-state index contributed by atoms with van der Waals surface area (Å²) in [7, 11) is 0.